The number of fused-ring (bicyclic) bond motifs is 2. The quantitative estimate of drug-likeness (QED) is 0.140. The van der Waals surface area contributed by atoms with Crippen molar-refractivity contribution >= 4 is 56.6 Å². The van der Waals surface area contributed by atoms with Crippen LogP contribution in [0.25, 0.3) is 21.7 Å². The smallest absolute Gasteiger partial charge is 0.386 e. The molecule has 3 fully saturated rings. The maximum Gasteiger partial charge on any atom is 0.433 e. The van der Waals surface area contributed by atoms with E-state index in [1.54, 1.807) is 37.1 Å². The minimum Gasteiger partial charge on any atom is -0.386 e. The SMILES string of the molecule is CN(C[C@H]1CC[C@H](n2cc3cc(NC(=O)c4cccc(C(F)(F)F)n4)c(C(C)(C)O)cc3n2)CC1)C1CCN(c2ccc3c(N4CCC(=O)NC4=O)cncc3c2)CC1. The van der Waals surface area contributed by atoms with Crippen LogP contribution in [0.15, 0.2) is 67.1 Å². The number of aromatic nitrogens is 4. The zero-order chi connectivity index (χ0) is 41.6. The summed E-state index contributed by atoms with van der Waals surface area (Å²) < 4.78 is 41.8. The molecule has 3 aromatic heterocycles. The number of benzene rings is 2. The van der Waals surface area contributed by atoms with Crippen LogP contribution in [-0.2, 0) is 16.6 Å². The Morgan fingerprint density at radius 2 is 1.73 bits per heavy atom. The van der Waals surface area contributed by atoms with Crippen LogP contribution < -0.4 is 20.4 Å². The normalized spacial score (nSPS) is 19.8. The Morgan fingerprint density at radius 1 is 0.966 bits per heavy atom. The molecule has 0 bridgehead atoms. The molecular formula is C43H48F3N9O4. The Morgan fingerprint density at radius 3 is 2.44 bits per heavy atom. The Balaban J connectivity index is 0.860. The molecule has 0 spiro atoms. The van der Waals surface area contributed by atoms with Crippen LogP contribution in [0.4, 0.5) is 35.0 Å². The van der Waals surface area contributed by atoms with Gasteiger partial charge in [-0.3, -0.25) is 29.5 Å². The molecule has 0 atom stereocenters. The van der Waals surface area contributed by atoms with E-state index in [0.29, 0.717) is 35.3 Å². The van der Waals surface area contributed by atoms with Crippen molar-refractivity contribution in [2.45, 2.75) is 82.7 Å². The Hall–Kier alpha value is -5.61. The summed E-state index contributed by atoms with van der Waals surface area (Å²) >= 11 is 0. The summed E-state index contributed by atoms with van der Waals surface area (Å²) in [4.78, 5) is 51.7. The van der Waals surface area contributed by atoms with Gasteiger partial charge in [0.25, 0.3) is 5.91 Å². The molecule has 5 heterocycles. The second kappa shape index (κ2) is 15.9. The second-order valence-electron chi connectivity index (χ2n) is 16.6. The largest absolute Gasteiger partial charge is 0.433 e. The van der Waals surface area contributed by atoms with E-state index in [1.807, 2.05) is 23.1 Å². The number of urea groups is 1. The number of aliphatic hydroxyl groups is 1. The molecule has 2 aliphatic heterocycles. The minimum atomic E-state index is -4.69. The second-order valence-corrected chi connectivity index (χ2v) is 16.6. The summed E-state index contributed by atoms with van der Waals surface area (Å²) in [7, 11) is 2.24. The molecular weight excluding hydrogens is 764 g/mol. The number of alkyl halides is 3. The molecule has 0 unspecified atom stereocenters. The van der Waals surface area contributed by atoms with E-state index in [-0.39, 0.29) is 29.8 Å². The van der Waals surface area contributed by atoms with Gasteiger partial charge in [-0.25, -0.2) is 9.78 Å². The zero-order valence-corrected chi connectivity index (χ0v) is 33.3. The van der Waals surface area contributed by atoms with Gasteiger partial charge in [-0.1, -0.05) is 12.1 Å². The van der Waals surface area contributed by atoms with Gasteiger partial charge in [0.05, 0.1) is 29.0 Å². The fourth-order valence-electron chi connectivity index (χ4n) is 8.86. The first-order valence-corrected chi connectivity index (χ1v) is 20.2. The fourth-order valence-corrected chi connectivity index (χ4v) is 8.86. The number of carbonyl (C=O) groups is 3. The first-order valence-electron chi connectivity index (χ1n) is 20.2. The first kappa shape index (κ1) is 40.2. The summed E-state index contributed by atoms with van der Waals surface area (Å²) in [5, 5.41) is 23.6. The van der Waals surface area contributed by atoms with Crippen molar-refractivity contribution in [1.82, 2.24) is 30.0 Å². The molecule has 2 aromatic carbocycles. The number of rotatable bonds is 9. The van der Waals surface area contributed by atoms with Crippen molar-refractivity contribution < 1.29 is 32.7 Å². The molecule has 310 valence electrons. The van der Waals surface area contributed by atoms with E-state index in [0.717, 1.165) is 92.1 Å². The number of pyridine rings is 2. The monoisotopic (exact) mass is 811 g/mol. The standard InChI is InChI=1S/C43H48F3N9O4/c1-42(2,59)33-21-35-28(20-36(33)49-40(57)34-5-4-6-38(48-34)43(44,45)46)25-55(51-35)30-9-7-26(8-10-30)24-52(3)29-13-16-53(17-14-29)31-11-12-32-27(19-31)22-47-23-37(32)54-18-15-39(56)50-41(54)58/h4-6,11-12,19-23,25-26,29-30,59H,7-10,13-18,24H2,1-3H3,(H,49,57)(H,50,56,58)/t26-,30-. The van der Waals surface area contributed by atoms with Crippen LogP contribution in [-0.4, -0.2) is 86.9 Å². The molecule has 5 aromatic rings. The molecule has 3 N–H and O–H groups in total. The summed E-state index contributed by atoms with van der Waals surface area (Å²) in [6, 6.07) is 13.1. The number of piperidine rings is 1. The van der Waals surface area contributed by atoms with Crippen LogP contribution >= 0.6 is 0 Å². The Bertz CT molecular complexity index is 2400. The lowest BCUT2D eigenvalue weighted by Crippen LogP contribution is -2.49. The lowest BCUT2D eigenvalue weighted by atomic mass is 9.85. The van der Waals surface area contributed by atoms with Crippen molar-refractivity contribution in [3.63, 3.8) is 0 Å². The zero-order valence-electron chi connectivity index (χ0n) is 33.3. The predicted molar refractivity (Wildman–Crippen MR) is 218 cm³/mol. The van der Waals surface area contributed by atoms with Gasteiger partial charge in [-0.15, -0.1) is 0 Å². The van der Waals surface area contributed by atoms with E-state index < -0.39 is 29.4 Å². The Kier molecular flexibility index (Phi) is 10.8. The van der Waals surface area contributed by atoms with Crippen molar-refractivity contribution in [2.75, 3.05) is 48.3 Å². The summed E-state index contributed by atoms with van der Waals surface area (Å²) in [6.07, 6.45) is 7.16. The van der Waals surface area contributed by atoms with Gasteiger partial charge in [-0.2, -0.15) is 18.3 Å². The van der Waals surface area contributed by atoms with Crippen molar-refractivity contribution in [1.29, 1.82) is 0 Å². The van der Waals surface area contributed by atoms with Crippen LogP contribution in [0.3, 0.4) is 0 Å². The van der Waals surface area contributed by atoms with E-state index in [2.05, 4.69) is 49.6 Å². The van der Waals surface area contributed by atoms with Gasteiger partial charge >= 0.3 is 12.2 Å². The van der Waals surface area contributed by atoms with Crippen LogP contribution in [0.5, 0.6) is 0 Å². The number of halogens is 3. The topological polar surface area (TPSA) is 149 Å². The summed E-state index contributed by atoms with van der Waals surface area (Å²) in [6.45, 7) is 6.38. The molecule has 1 aliphatic carbocycles. The number of amides is 4. The molecule has 4 amide bonds. The summed E-state index contributed by atoms with van der Waals surface area (Å²) in [5.74, 6) is -0.514. The number of imide groups is 1. The molecule has 3 aliphatic rings. The molecule has 13 nitrogen and oxygen atoms in total. The molecule has 16 heteroatoms. The maximum atomic E-state index is 13.3. The average molecular weight is 812 g/mol. The van der Waals surface area contributed by atoms with Gasteiger partial charge in [0, 0.05) is 84.1 Å². The van der Waals surface area contributed by atoms with E-state index >= 15 is 0 Å². The van der Waals surface area contributed by atoms with E-state index in [9.17, 15) is 32.7 Å². The van der Waals surface area contributed by atoms with Gasteiger partial charge in [-0.05, 0) is 102 Å². The van der Waals surface area contributed by atoms with Gasteiger partial charge in [0.15, 0.2) is 0 Å². The molecule has 0 radical (unpaired) electrons. The van der Waals surface area contributed by atoms with Crippen LogP contribution in [0.2, 0.25) is 0 Å². The molecule has 2 saturated heterocycles. The lowest BCUT2D eigenvalue weighted by molar-refractivity contribution is -0.141. The van der Waals surface area contributed by atoms with Gasteiger partial charge in [0.2, 0.25) is 5.91 Å². The summed E-state index contributed by atoms with van der Waals surface area (Å²) in [5.41, 5.74) is 0.234. The third-order valence-corrected chi connectivity index (χ3v) is 12.1. The number of carbonyl (C=O) groups excluding carboxylic acids is 3. The highest BCUT2D eigenvalue weighted by atomic mass is 19.4. The highest BCUT2D eigenvalue weighted by Gasteiger charge is 2.34. The fraction of sp³-hybridized carbons (Fsp3) is 0.442. The van der Waals surface area contributed by atoms with Crippen LogP contribution in [0.1, 0.15) is 86.6 Å². The van der Waals surface area contributed by atoms with Crippen molar-refractivity contribution in [3.8, 4) is 0 Å². The Labute approximate surface area is 339 Å². The number of nitrogens with one attached hydrogen (secondary N) is 2. The average Bonchev–Trinajstić information content (AvgIpc) is 3.63. The molecule has 1 saturated carbocycles. The lowest BCUT2D eigenvalue weighted by Gasteiger charge is -2.40. The van der Waals surface area contributed by atoms with Crippen molar-refractivity contribution in [3.05, 3.63) is 84.1 Å². The third-order valence-electron chi connectivity index (χ3n) is 12.1. The highest BCUT2D eigenvalue weighted by Crippen LogP contribution is 2.37. The first-order chi connectivity index (χ1) is 28.1. The van der Waals surface area contributed by atoms with Gasteiger partial charge < -0.3 is 20.2 Å². The number of hydrogen-bond donors (Lipinski definition) is 3. The minimum absolute atomic E-state index is 0.194. The van der Waals surface area contributed by atoms with E-state index in [4.69, 9.17) is 5.10 Å². The predicted octanol–water partition coefficient (Wildman–Crippen LogP) is 7.26. The maximum absolute atomic E-state index is 13.3. The van der Waals surface area contributed by atoms with Crippen LogP contribution in [0, 0.1) is 5.92 Å². The molecule has 59 heavy (non-hydrogen) atoms. The number of hydrogen-bond acceptors (Lipinski definition) is 9. The molecule has 8 rings (SSSR count). The van der Waals surface area contributed by atoms with E-state index in [1.165, 1.54) is 6.07 Å². The van der Waals surface area contributed by atoms with Crippen molar-refractivity contribution in [2.24, 2.45) is 5.92 Å². The highest BCUT2D eigenvalue weighted by molar-refractivity contribution is 6.10. The number of nitrogens with zero attached hydrogens (tertiary/aromatic N) is 7. The third kappa shape index (κ3) is 8.60. The number of anilines is 3. The van der Waals surface area contributed by atoms with Gasteiger partial charge in [0.1, 0.15) is 11.4 Å².